The standard InChI is InChI=1S/C12H10N4/c13-10-4-1-3-9(7-10)12-14-8-11-5-2-6-16(11)15-12/h1-8H,13H2. The summed E-state index contributed by atoms with van der Waals surface area (Å²) < 4.78 is 1.80. The van der Waals surface area contributed by atoms with E-state index in [-0.39, 0.29) is 0 Å². The quantitative estimate of drug-likeness (QED) is 0.625. The number of nitrogen functional groups attached to an aromatic ring is 1. The van der Waals surface area contributed by atoms with E-state index >= 15 is 0 Å². The molecular weight excluding hydrogens is 200 g/mol. The molecule has 0 bridgehead atoms. The molecule has 16 heavy (non-hydrogen) atoms. The van der Waals surface area contributed by atoms with Crippen LogP contribution in [0.15, 0.2) is 48.8 Å². The Morgan fingerprint density at radius 2 is 2.06 bits per heavy atom. The second kappa shape index (κ2) is 3.34. The SMILES string of the molecule is Nc1cccc(-c2ncc3cccn3n2)c1. The maximum atomic E-state index is 5.73. The summed E-state index contributed by atoms with van der Waals surface area (Å²) in [5.74, 6) is 0.677. The zero-order valence-corrected chi connectivity index (χ0v) is 8.54. The Kier molecular flexibility index (Phi) is 1.86. The van der Waals surface area contributed by atoms with Crippen LogP contribution in [0.25, 0.3) is 16.9 Å². The molecule has 0 unspecified atom stereocenters. The second-order valence-electron chi connectivity index (χ2n) is 3.58. The molecule has 0 atom stereocenters. The molecular formula is C12H10N4. The third-order valence-electron chi connectivity index (χ3n) is 2.43. The van der Waals surface area contributed by atoms with E-state index in [2.05, 4.69) is 10.1 Å². The number of anilines is 1. The Morgan fingerprint density at radius 1 is 1.12 bits per heavy atom. The summed E-state index contributed by atoms with van der Waals surface area (Å²) in [7, 11) is 0. The Hall–Kier alpha value is -2.36. The molecule has 0 saturated heterocycles. The maximum Gasteiger partial charge on any atom is 0.180 e. The lowest BCUT2D eigenvalue weighted by Gasteiger charge is -2.01. The molecule has 0 spiro atoms. The number of fused-ring (bicyclic) bond motifs is 1. The molecule has 0 saturated carbocycles. The molecule has 0 aliphatic heterocycles. The third-order valence-corrected chi connectivity index (χ3v) is 2.43. The van der Waals surface area contributed by atoms with Crippen molar-refractivity contribution < 1.29 is 0 Å². The average Bonchev–Trinajstić information content (AvgIpc) is 2.75. The molecule has 4 heteroatoms. The van der Waals surface area contributed by atoms with Gasteiger partial charge in [-0.2, -0.15) is 0 Å². The lowest BCUT2D eigenvalue weighted by atomic mass is 10.2. The maximum absolute atomic E-state index is 5.73. The molecule has 2 N–H and O–H groups in total. The number of hydrogen-bond acceptors (Lipinski definition) is 3. The summed E-state index contributed by atoms with van der Waals surface area (Å²) in [4.78, 5) is 4.30. The molecule has 0 radical (unpaired) electrons. The second-order valence-corrected chi connectivity index (χ2v) is 3.58. The minimum atomic E-state index is 0.677. The van der Waals surface area contributed by atoms with Crippen LogP contribution < -0.4 is 5.73 Å². The van der Waals surface area contributed by atoms with Gasteiger partial charge < -0.3 is 5.73 Å². The zero-order valence-electron chi connectivity index (χ0n) is 8.54. The zero-order chi connectivity index (χ0) is 11.0. The van der Waals surface area contributed by atoms with Crippen LogP contribution >= 0.6 is 0 Å². The van der Waals surface area contributed by atoms with E-state index in [1.807, 2.05) is 42.6 Å². The summed E-state index contributed by atoms with van der Waals surface area (Å²) in [5.41, 5.74) is 8.35. The van der Waals surface area contributed by atoms with Gasteiger partial charge in [0, 0.05) is 17.4 Å². The highest BCUT2D eigenvalue weighted by atomic mass is 15.2. The smallest absolute Gasteiger partial charge is 0.180 e. The van der Waals surface area contributed by atoms with Crippen LogP contribution in [0.1, 0.15) is 0 Å². The molecule has 4 nitrogen and oxygen atoms in total. The molecule has 78 valence electrons. The van der Waals surface area contributed by atoms with Gasteiger partial charge in [0.05, 0.1) is 11.7 Å². The molecule has 0 fully saturated rings. The molecule has 0 aliphatic rings. The first kappa shape index (κ1) is 8.91. The number of benzene rings is 1. The van der Waals surface area contributed by atoms with E-state index in [4.69, 9.17) is 5.73 Å². The first-order chi connectivity index (χ1) is 7.83. The fourth-order valence-corrected chi connectivity index (χ4v) is 1.64. The van der Waals surface area contributed by atoms with E-state index in [1.54, 1.807) is 10.7 Å². The monoisotopic (exact) mass is 210 g/mol. The van der Waals surface area contributed by atoms with Crippen LogP contribution in [-0.4, -0.2) is 14.6 Å². The summed E-state index contributed by atoms with van der Waals surface area (Å²) in [6, 6.07) is 11.5. The number of aromatic nitrogens is 3. The summed E-state index contributed by atoms with van der Waals surface area (Å²) in [6.07, 6.45) is 3.69. The van der Waals surface area contributed by atoms with Gasteiger partial charge in [0.25, 0.3) is 0 Å². The molecule has 2 aromatic heterocycles. The molecule has 0 amide bonds. The van der Waals surface area contributed by atoms with Crippen molar-refractivity contribution in [2.75, 3.05) is 5.73 Å². The normalized spacial score (nSPS) is 10.8. The van der Waals surface area contributed by atoms with Crippen LogP contribution in [0.2, 0.25) is 0 Å². The fraction of sp³-hybridized carbons (Fsp3) is 0. The van der Waals surface area contributed by atoms with Gasteiger partial charge in [-0.25, -0.2) is 9.50 Å². The summed E-state index contributed by atoms with van der Waals surface area (Å²) in [5, 5.41) is 4.40. The van der Waals surface area contributed by atoms with E-state index in [9.17, 15) is 0 Å². The fourth-order valence-electron chi connectivity index (χ4n) is 1.64. The first-order valence-electron chi connectivity index (χ1n) is 4.99. The average molecular weight is 210 g/mol. The number of nitrogens with zero attached hydrogens (tertiary/aromatic N) is 3. The summed E-state index contributed by atoms with van der Waals surface area (Å²) >= 11 is 0. The largest absolute Gasteiger partial charge is 0.399 e. The minimum absolute atomic E-state index is 0.677. The van der Waals surface area contributed by atoms with E-state index in [0.717, 1.165) is 11.1 Å². The topological polar surface area (TPSA) is 56.2 Å². The van der Waals surface area contributed by atoms with Crippen LogP contribution in [0.3, 0.4) is 0 Å². The van der Waals surface area contributed by atoms with Gasteiger partial charge in [-0.1, -0.05) is 12.1 Å². The summed E-state index contributed by atoms with van der Waals surface area (Å²) in [6.45, 7) is 0. The van der Waals surface area contributed by atoms with Crippen molar-refractivity contribution in [2.45, 2.75) is 0 Å². The van der Waals surface area contributed by atoms with Crippen LogP contribution in [-0.2, 0) is 0 Å². The predicted molar refractivity (Wildman–Crippen MR) is 62.8 cm³/mol. The minimum Gasteiger partial charge on any atom is -0.399 e. The van der Waals surface area contributed by atoms with Crippen LogP contribution in [0, 0.1) is 0 Å². The van der Waals surface area contributed by atoms with Crippen molar-refractivity contribution in [3.8, 4) is 11.4 Å². The van der Waals surface area contributed by atoms with Gasteiger partial charge in [0.1, 0.15) is 0 Å². The van der Waals surface area contributed by atoms with E-state index in [0.29, 0.717) is 11.5 Å². The van der Waals surface area contributed by atoms with Crippen molar-refractivity contribution >= 4 is 11.2 Å². The number of rotatable bonds is 1. The highest BCUT2D eigenvalue weighted by Crippen LogP contribution is 2.17. The van der Waals surface area contributed by atoms with Gasteiger partial charge in [0.2, 0.25) is 0 Å². The highest BCUT2D eigenvalue weighted by molar-refractivity contribution is 5.61. The van der Waals surface area contributed by atoms with Crippen molar-refractivity contribution in [3.63, 3.8) is 0 Å². The van der Waals surface area contributed by atoms with Gasteiger partial charge in [0.15, 0.2) is 5.82 Å². The Balaban J connectivity index is 2.18. The Labute approximate surface area is 92.4 Å². The lowest BCUT2D eigenvalue weighted by molar-refractivity contribution is 0.913. The first-order valence-corrected chi connectivity index (χ1v) is 4.99. The number of nitrogens with two attached hydrogens (primary N) is 1. The van der Waals surface area contributed by atoms with Crippen molar-refractivity contribution in [1.82, 2.24) is 14.6 Å². The molecule has 0 aliphatic carbocycles. The van der Waals surface area contributed by atoms with Crippen molar-refractivity contribution in [3.05, 3.63) is 48.8 Å². The van der Waals surface area contributed by atoms with Gasteiger partial charge in [-0.05, 0) is 24.3 Å². The van der Waals surface area contributed by atoms with Crippen LogP contribution in [0.5, 0.6) is 0 Å². The molecule has 1 aromatic carbocycles. The Bertz CT molecular complexity index is 642. The molecule has 3 rings (SSSR count). The lowest BCUT2D eigenvalue weighted by Crippen LogP contribution is -1.96. The molecule has 2 heterocycles. The molecule has 3 aromatic rings. The van der Waals surface area contributed by atoms with Crippen molar-refractivity contribution in [1.29, 1.82) is 0 Å². The number of hydrogen-bond donors (Lipinski definition) is 1. The van der Waals surface area contributed by atoms with Crippen molar-refractivity contribution in [2.24, 2.45) is 0 Å². The van der Waals surface area contributed by atoms with Crippen LogP contribution in [0.4, 0.5) is 5.69 Å². The van der Waals surface area contributed by atoms with Gasteiger partial charge in [-0.15, -0.1) is 5.10 Å². The highest BCUT2D eigenvalue weighted by Gasteiger charge is 2.02. The van der Waals surface area contributed by atoms with Gasteiger partial charge >= 0.3 is 0 Å². The van der Waals surface area contributed by atoms with E-state index < -0.39 is 0 Å². The van der Waals surface area contributed by atoms with E-state index in [1.165, 1.54) is 0 Å². The predicted octanol–water partition coefficient (Wildman–Crippen LogP) is 1.98. The third kappa shape index (κ3) is 1.40. The Morgan fingerprint density at radius 3 is 2.94 bits per heavy atom. The van der Waals surface area contributed by atoms with Gasteiger partial charge in [-0.3, -0.25) is 0 Å².